The molecule has 124 valence electrons. The molecule has 1 aromatic carbocycles. The monoisotopic (exact) mass is 324 g/mol. The molecule has 0 saturated heterocycles. The number of fused-ring (bicyclic) bond motifs is 1. The molecule has 0 aliphatic heterocycles. The third-order valence-electron chi connectivity index (χ3n) is 3.77. The van der Waals surface area contributed by atoms with E-state index in [-0.39, 0.29) is 11.3 Å². The van der Waals surface area contributed by atoms with Gasteiger partial charge in [-0.15, -0.1) is 0 Å². The standard InChI is InChI=1S/C19H20N2O3/c1-12(2)11-21-8-7-14-16(5-4-6-17(14)21)20-10-15-18(22)9-13(3)24-19(15)23/h4-10,12,22H,11H2,1-3H3. The van der Waals surface area contributed by atoms with Gasteiger partial charge in [0.15, 0.2) is 0 Å². The van der Waals surface area contributed by atoms with Gasteiger partial charge in [-0.25, -0.2) is 4.79 Å². The number of aromatic hydroxyl groups is 1. The minimum Gasteiger partial charge on any atom is -0.507 e. The zero-order chi connectivity index (χ0) is 17.3. The largest absolute Gasteiger partial charge is 0.507 e. The zero-order valence-electron chi connectivity index (χ0n) is 14.0. The Morgan fingerprint density at radius 3 is 2.83 bits per heavy atom. The van der Waals surface area contributed by atoms with Crippen molar-refractivity contribution in [2.24, 2.45) is 10.9 Å². The number of benzene rings is 1. The average molecular weight is 324 g/mol. The van der Waals surface area contributed by atoms with Gasteiger partial charge in [-0.3, -0.25) is 4.99 Å². The lowest BCUT2D eigenvalue weighted by Gasteiger charge is -2.08. The van der Waals surface area contributed by atoms with Gasteiger partial charge in [0.25, 0.3) is 0 Å². The third kappa shape index (κ3) is 3.11. The summed E-state index contributed by atoms with van der Waals surface area (Å²) in [6, 6.07) is 9.29. The van der Waals surface area contributed by atoms with Crippen molar-refractivity contribution in [1.82, 2.24) is 4.57 Å². The zero-order valence-corrected chi connectivity index (χ0v) is 14.0. The summed E-state index contributed by atoms with van der Waals surface area (Å²) in [4.78, 5) is 16.2. The minimum absolute atomic E-state index is 0.0548. The highest BCUT2D eigenvalue weighted by Gasteiger charge is 2.09. The molecule has 5 nitrogen and oxygen atoms in total. The summed E-state index contributed by atoms with van der Waals surface area (Å²) in [5.74, 6) is 0.779. The number of hydrogen-bond acceptors (Lipinski definition) is 4. The van der Waals surface area contributed by atoms with Crippen LogP contribution in [0.25, 0.3) is 10.9 Å². The van der Waals surface area contributed by atoms with Gasteiger partial charge in [0.05, 0.1) is 11.2 Å². The van der Waals surface area contributed by atoms with E-state index in [4.69, 9.17) is 4.42 Å². The molecule has 0 aliphatic carbocycles. The van der Waals surface area contributed by atoms with Crippen molar-refractivity contribution in [3.05, 3.63) is 58.3 Å². The van der Waals surface area contributed by atoms with Crippen molar-refractivity contribution in [3.8, 4) is 5.75 Å². The van der Waals surface area contributed by atoms with Crippen LogP contribution in [0.5, 0.6) is 5.75 Å². The Balaban J connectivity index is 2.02. The van der Waals surface area contributed by atoms with Crippen LogP contribution >= 0.6 is 0 Å². The molecule has 0 aliphatic rings. The minimum atomic E-state index is -0.596. The second-order valence-corrected chi connectivity index (χ2v) is 6.27. The predicted molar refractivity (Wildman–Crippen MR) is 95.4 cm³/mol. The molecule has 0 saturated carbocycles. The Labute approximate surface area is 139 Å². The van der Waals surface area contributed by atoms with E-state index in [9.17, 15) is 9.90 Å². The van der Waals surface area contributed by atoms with E-state index in [0.29, 0.717) is 11.7 Å². The molecule has 3 rings (SSSR count). The lowest BCUT2D eigenvalue weighted by Crippen LogP contribution is -2.07. The Morgan fingerprint density at radius 1 is 1.33 bits per heavy atom. The van der Waals surface area contributed by atoms with Crippen LogP contribution in [0.4, 0.5) is 5.69 Å². The van der Waals surface area contributed by atoms with Crippen LogP contribution in [0.2, 0.25) is 0 Å². The maximum atomic E-state index is 11.8. The van der Waals surface area contributed by atoms with Gasteiger partial charge < -0.3 is 14.1 Å². The molecular formula is C19H20N2O3. The fourth-order valence-corrected chi connectivity index (χ4v) is 2.73. The van der Waals surface area contributed by atoms with E-state index in [2.05, 4.69) is 29.5 Å². The van der Waals surface area contributed by atoms with E-state index in [0.717, 1.165) is 23.1 Å². The molecule has 0 atom stereocenters. The number of hydrogen-bond donors (Lipinski definition) is 1. The van der Waals surface area contributed by atoms with Gasteiger partial charge in [-0.2, -0.15) is 0 Å². The van der Waals surface area contributed by atoms with E-state index in [1.807, 2.05) is 24.4 Å². The first-order valence-electron chi connectivity index (χ1n) is 7.91. The van der Waals surface area contributed by atoms with Crippen LogP contribution in [0.15, 0.2) is 50.7 Å². The first-order valence-corrected chi connectivity index (χ1v) is 7.91. The van der Waals surface area contributed by atoms with Crippen molar-refractivity contribution in [2.45, 2.75) is 27.3 Å². The lowest BCUT2D eigenvalue weighted by atomic mass is 10.2. The number of aliphatic imine (C=N–C) groups is 1. The second-order valence-electron chi connectivity index (χ2n) is 6.27. The van der Waals surface area contributed by atoms with Crippen molar-refractivity contribution >= 4 is 22.8 Å². The van der Waals surface area contributed by atoms with Crippen molar-refractivity contribution in [2.75, 3.05) is 0 Å². The van der Waals surface area contributed by atoms with Gasteiger partial charge in [-0.05, 0) is 31.0 Å². The quantitative estimate of drug-likeness (QED) is 0.737. The molecule has 0 unspecified atom stereocenters. The highest BCUT2D eigenvalue weighted by molar-refractivity contribution is 5.94. The summed E-state index contributed by atoms with van der Waals surface area (Å²) >= 11 is 0. The first-order chi connectivity index (χ1) is 11.5. The summed E-state index contributed by atoms with van der Waals surface area (Å²) in [6.07, 6.45) is 3.40. The van der Waals surface area contributed by atoms with E-state index in [1.165, 1.54) is 12.3 Å². The molecule has 3 aromatic rings. The number of aromatic nitrogens is 1. The van der Waals surface area contributed by atoms with Crippen molar-refractivity contribution in [1.29, 1.82) is 0 Å². The molecule has 1 N–H and O–H groups in total. The molecule has 0 fully saturated rings. The fourth-order valence-electron chi connectivity index (χ4n) is 2.73. The van der Waals surface area contributed by atoms with E-state index < -0.39 is 5.63 Å². The Morgan fingerprint density at radius 2 is 2.12 bits per heavy atom. The molecule has 0 bridgehead atoms. The highest BCUT2D eigenvalue weighted by atomic mass is 16.4. The van der Waals surface area contributed by atoms with Crippen LogP contribution in [0.1, 0.15) is 25.2 Å². The summed E-state index contributed by atoms with van der Waals surface area (Å²) in [5.41, 5.74) is 1.30. The van der Waals surface area contributed by atoms with E-state index >= 15 is 0 Å². The molecule has 2 heterocycles. The SMILES string of the molecule is Cc1cc(O)c(C=Nc2cccc3c2ccn3CC(C)C)c(=O)o1. The number of aryl methyl sites for hydroxylation is 1. The Kier molecular flexibility index (Phi) is 4.25. The molecule has 0 spiro atoms. The fraction of sp³-hybridized carbons (Fsp3) is 0.263. The van der Waals surface area contributed by atoms with Gasteiger partial charge in [-0.1, -0.05) is 19.9 Å². The molecule has 0 radical (unpaired) electrons. The summed E-state index contributed by atoms with van der Waals surface area (Å²) in [7, 11) is 0. The van der Waals surface area contributed by atoms with Crippen LogP contribution in [0, 0.1) is 12.8 Å². The maximum absolute atomic E-state index is 11.8. The summed E-state index contributed by atoms with van der Waals surface area (Å²) < 4.78 is 7.19. The van der Waals surface area contributed by atoms with Crippen molar-refractivity contribution < 1.29 is 9.52 Å². The van der Waals surface area contributed by atoms with E-state index in [1.54, 1.807) is 6.92 Å². The summed E-state index contributed by atoms with van der Waals surface area (Å²) in [6.45, 7) is 6.89. The molecule has 2 aromatic heterocycles. The summed E-state index contributed by atoms with van der Waals surface area (Å²) in [5, 5.41) is 10.9. The van der Waals surface area contributed by atoms with Gasteiger partial charge in [0.2, 0.25) is 0 Å². The molecule has 5 heteroatoms. The van der Waals surface area contributed by atoms with Gasteiger partial charge in [0.1, 0.15) is 17.1 Å². The molecule has 0 amide bonds. The Hall–Kier alpha value is -2.82. The van der Waals surface area contributed by atoms with Crippen LogP contribution in [-0.2, 0) is 6.54 Å². The van der Waals surface area contributed by atoms with Crippen LogP contribution in [0.3, 0.4) is 0 Å². The predicted octanol–water partition coefficient (Wildman–Crippen LogP) is 4.02. The second kappa shape index (κ2) is 6.35. The topological polar surface area (TPSA) is 67.7 Å². The number of rotatable bonds is 4. The molecule has 24 heavy (non-hydrogen) atoms. The van der Waals surface area contributed by atoms with Crippen molar-refractivity contribution in [3.63, 3.8) is 0 Å². The highest BCUT2D eigenvalue weighted by Crippen LogP contribution is 2.27. The number of nitrogens with zero attached hydrogens (tertiary/aromatic N) is 2. The average Bonchev–Trinajstić information content (AvgIpc) is 2.89. The van der Waals surface area contributed by atoms with Gasteiger partial charge in [0, 0.05) is 30.4 Å². The van der Waals surface area contributed by atoms with Gasteiger partial charge >= 0.3 is 5.63 Å². The molecular weight excluding hydrogens is 304 g/mol. The Bertz CT molecular complexity index is 964. The third-order valence-corrected chi connectivity index (χ3v) is 3.77. The normalized spacial score (nSPS) is 11.8. The van der Waals surface area contributed by atoms with Crippen LogP contribution < -0.4 is 5.63 Å². The lowest BCUT2D eigenvalue weighted by molar-refractivity contribution is 0.433. The maximum Gasteiger partial charge on any atom is 0.348 e. The van der Waals surface area contributed by atoms with Crippen LogP contribution in [-0.4, -0.2) is 15.9 Å². The first kappa shape index (κ1) is 16.1. The smallest absolute Gasteiger partial charge is 0.348 e.